The summed E-state index contributed by atoms with van der Waals surface area (Å²) in [5.41, 5.74) is 2.82. The van der Waals surface area contributed by atoms with E-state index in [1.807, 2.05) is 0 Å². The molecule has 0 saturated carbocycles. The van der Waals surface area contributed by atoms with E-state index in [1.54, 1.807) is 45.0 Å². The van der Waals surface area contributed by atoms with Crippen LogP contribution >= 0.6 is 0 Å². The SMILES string of the molecule is CCC(c1nccc2c1C(c1cccc3c(=O)cc(C)oc13)C(C(C)=O)=C(C)N2)S(=O)(=O)O. The Hall–Kier alpha value is -3.30. The molecule has 0 bridgehead atoms. The van der Waals surface area contributed by atoms with Crippen molar-refractivity contribution in [3.05, 3.63) is 80.6 Å². The van der Waals surface area contributed by atoms with Crippen LogP contribution in [-0.2, 0) is 14.9 Å². The van der Waals surface area contributed by atoms with Crippen molar-refractivity contribution in [1.29, 1.82) is 0 Å². The van der Waals surface area contributed by atoms with Gasteiger partial charge >= 0.3 is 0 Å². The minimum atomic E-state index is -4.48. The molecule has 1 aliphatic rings. The lowest BCUT2D eigenvalue weighted by Gasteiger charge is -2.32. The molecule has 8 nitrogen and oxygen atoms in total. The van der Waals surface area contributed by atoms with Crippen molar-refractivity contribution < 1.29 is 22.2 Å². The van der Waals surface area contributed by atoms with Gasteiger partial charge < -0.3 is 9.73 Å². The van der Waals surface area contributed by atoms with Crippen LogP contribution in [-0.4, -0.2) is 23.7 Å². The van der Waals surface area contributed by atoms with Gasteiger partial charge in [-0.1, -0.05) is 19.1 Å². The van der Waals surface area contributed by atoms with E-state index in [0.29, 0.717) is 44.8 Å². The Morgan fingerprint density at radius 2 is 2.00 bits per heavy atom. The van der Waals surface area contributed by atoms with Gasteiger partial charge in [0, 0.05) is 46.3 Å². The summed E-state index contributed by atoms with van der Waals surface area (Å²) in [7, 11) is -4.48. The highest BCUT2D eigenvalue weighted by molar-refractivity contribution is 7.86. The highest BCUT2D eigenvalue weighted by Crippen LogP contribution is 2.47. The average molecular weight is 469 g/mol. The Labute approximate surface area is 191 Å². The zero-order chi connectivity index (χ0) is 24.1. The molecular formula is C24H24N2O6S. The first-order valence-corrected chi connectivity index (χ1v) is 12.0. The topological polar surface area (TPSA) is 127 Å². The van der Waals surface area contributed by atoms with Crippen molar-refractivity contribution in [1.82, 2.24) is 4.98 Å². The van der Waals surface area contributed by atoms with Crippen LogP contribution in [0.2, 0.25) is 0 Å². The number of allylic oxidation sites excluding steroid dienone is 2. The lowest BCUT2D eigenvalue weighted by atomic mass is 9.77. The van der Waals surface area contributed by atoms with E-state index < -0.39 is 21.3 Å². The molecule has 1 aliphatic heterocycles. The van der Waals surface area contributed by atoms with Crippen LogP contribution in [0.5, 0.6) is 0 Å². The molecule has 0 spiro atoms. The molecule has 0 fully saturated rings. The van der Waals surface area contributed by atoms with E-state index in [-0.39, 0.29) is 23.3 Å². The second-order valence-electron chi connectivity index (χ2n) is 8.17. The maximum absolute atomic E-state index is 12.8. The molecule has 3 heterocycles. The fourth-order valence-electron chi connectivity index (χ4n) is 4.65. The number of carbonyl (C=O) groups is 1. The molecule has 2 unspecified atom stereocenters. The first kappa shape index (κ1) is 22.9. The number of rotatable bonds is 5. The van der Waals surface area contributed by atoms with E-state index >= 15 is 0 Å². The molecule has 3 aromatic rings. The molecule has 1 aromatic carbocycles. The van der Waals surface area contributed by atoms with E-state index in [0.717, 1.165) is 0 Å². The number of hydrogen-bond donors (Lipinski definition) is 2. The van der Waals surface area contributed by atoms with E-state index in [4.69, 9.17) is 4.42 Å². The lowest BCUT2D eigenvalue weighted by Crippen LogP contribution is -2.26. The third-order valence-electron chi connectivity index (χ3n) is 5.96. The number of benzene rings is 1. The third-order valence-corrected chi connectivity index (χ3v) is 7.23. The second-order valence-corrected chi connectivity index (χ2v) is 9.77. The molecule has 172 valence electrons. The van der Waals surface area contributed by atoms with Crippen LogP contribution in [0.15, 0.2) is 57.0 Å². The van der Waals surface area contributed by atoms with Crippen molar-refractivity contribution in [3.63, 3.8) is 0 Å². The summed E-state index contributed by atoms with van der Waals surface area (Å²) < 4.78 is 40.4. The molecule has 0 aliphatic carbocycles. The molecule has 4 rings (SSSR count). The number of Topliss-reactive ketones (excluding diaryl/α,β-unsaturated/α-hetero) is 1. The van der Waals surface area contributed by atoms with Gasteiger partial charge in [0.25, 0.3) is 10.1 Å². The third kappa shape index (κ3) is 3.87. The van der Waals surface area contributed by atoms with Crippen LogP contribution in [0.4, 0.5) is 5.69 Å². The highest BCUT2D eigenvalue weighted by Gasteiger charge is 2.38. The molecule has 2 aromatic heterocycles. The van der Waals surface area contributed by atoms with E-state index in [1.165, 1.54) is 19.2 Å². The number of hydrogen-bond acceptors (Lipinski definition) is 7. The van der Waals surface area contributed by atoms with E-state index in [2.05, 4.69) is 10.3 Å². The van der Waals surface area contributed by atoms with Crippen LogP contribution < -0.4 is 10.7 Å². The summed E-state index contributed by atoms with van der Waals surface area (Å²) >= 11 is 0. The largest absolute Gasteiger partial charge is 0.461 e. The molecule has 2 atom stereocenters. The Bertz CT molecular complexity index is 1490. The fourth-order valence-corrected chi connectivity index (χ4v) is 5.55. The minimum absolute atomic E-state index is 0.0802. The highest BCUT2D eigenvalue weighted by atomic mass is 32.2. The van der Waals surface area contributed by atoms with Gasteiger partial charge in [-0.3, -0.25) is 19.1 Å². The summed E-state index contributed by atoms with van der Waals surface area (Å²) in [6, 6.07) is 8.19. The molecule has 0 amide bonds. The molecule has 0 radical (unpaired) electrons. The Morgan fingerprint density at radius 3 is 2.64 bits per heavy atom. The molecule has 2 N–H and O–H groups in total. The minimum Gasteiger partial charge on any atom is -0.461 e. The smallest absolute Gasteiger partial charge is 0.273 e. The number of aromatic nitrogens is 1. The molecular weight excluding hydrogens is 444 g/mol. The summed E-state index contributed by atoms with van der Waals surface area (Å²) in [6.45, 7) is 6.50. The zero-order valence-corrected chi connectivity index (χ0v) is 19.5. The molecule has 9 heteroatoms. The predicted octanol–water partition coefficient (Wildman–Crippen LogP) is 4.26. The van der Waals surface area contributed by atoms with Crippen LogP contribution in [0, 0.1) is 6.92 Å². The summed E-state index contributed by atoms with van der Waals surface area (Å²) in [5, 5.41) is 2.25. The standard InChI is InChI=1S/C24H24N2O6S/c1-5-19(33(29,30)31)23-22-17(9-10-25-23)26-13(3)20(14(4)27)21(22)16-8-6-7-15-18(28)11-12(2)32-24(15)16/h6-11,19,21,26H,5H2,1-4H3,(H,29,30,31). The summed E-state index contributed by atoms with van der Waals surface area (Å²) in [6.07, 6.45) is 1.54. The van der Waals surface area contributed by atoms with Gasteiger partial charge in [0.15, 0.2) is 11.2 Å². The van der Waals surface area contributed by atoms with Crippen molar-refractivity contribution in [2.75, 3.05) is 5.32 Å². The van der Waals surface area contributed by atoms with Crippen molar-refractivity contribution in [2.24, 2.45) is 0 Å². The van der Waals surface area contributed by atoms with E-state index in [9.17, 15) is 22.6 Å². The first-order chi connectivity index (χ1) is 15.5. The average Bonchev–Trinajstić information content (AvgIpc) is 2.71. The number of nitrogens with one attached hydrogen (secondary N) is 1. The van der Waals surface area contributed by atoms with Gasteiger partial charge in [-0.15, -0.1) is 0 Å². The van der Waals surface area contributed by atoms with Crippen LogP contribution in [0.25, 0.3) is 11.0 Å². The molecule has 33 heavy (non-hydrogen) atoms. The summed E-state index contributed by atoms with van der Waals surface area (Å²) in [5.74, 6) is -0.570. The normalized spacial score (nSPS) is 16.9. The first-order valence-electron chi connectivity index (χ1n) is 10.5. The number of para-hydroxylation sites is 1. The maximum Gasteiger partial charge on any atom is 0.273 e. The number of fused-ring (bicyclic) bond motifs is 2. The van der Waals surface area contributed by atoms with Crippen molar-refractivity contribution in [3.8, 4) is 0 Å². The van der Waals surface area contributed by atoms with Gasteiger partial charge in [0.1, 0.15) is 16.6 Å². The predicted molar refractivity (Wildman–Crippen MR) is 125 cm³/mol. The van der Waals surface area contributed by atoms with Crippen molar-refractivity contribution >= 4 is 32.6 Å². The summed E-state index contributed by atoms with van der Waals surface area (Å²) in [4.78, 5) is 29.8. The fraction of sp³-hybridized carbons (Fsp3) is 0.292. The Kier molecular flexibility index (Phi) is 5.71. The van der Waals surface area contributed by atoms with Gasteiger partial charge in [-0.2, -0.15) is 8.42 Å². The van der Waals surface area contributed by atoms with Gasteiger partial charge in [0.05, 0.1) is 11.1 Å². The quantitative estimate of drug-likeness (QED) is 0.532. The van der Waals surface area contributed by atoms with Crippen molar-refractivity contribution in [2.45, 2.75) is 45.3 Å². The molecule has 0 saturated heterocycles. The van der Waals surface area contributed by atoms with Crippen LogP contribution in [0.3, 0.4) is 0 Å². The monoisotopic (exact) mass is 468 g/mol. The number of nitrogens with zero attached hydrogens (tertiary/aromatic N) is 1. The number of aryl methyl sites for hydroxylation is 1. The number of ketones is 1. The van der Waals surface area contributed by atoms with Crippen LogP contribution in [0.1, 0.15) is 60.9 Å². The Balaban J connectivity index is 2.15. The van der Waals surface area contributed by atoms with Gasteiger partial charge in [-0.05, 0) is 39.3 Å². The maximum atomic E-state index is 12.8. The lowest BCUT2D eigenvalue weighted by molar-refractivity contribution is -0.113. The van der Waals surface area contributed by atoms with Gasteiger partial charge in [-0.25, -0.2) is 0 Å². The second kappa shape index (κ2) is 8.24. The Morgan fingerprint density at radius 1 is 1.27 bits per heavy atom. The van der Waals surface area contributed by atoms with Gasteiger partial charge in [0.2, 0.25) is 0 Å². The zero-order valence-electron chi connectivity index (χ0n) is 18.7. The number of pyridine rings is 1. The number of carbonyl (C=O) groups excluding carboxylic acids is 1. The number of anilines is 1.